The molecule has 0 saturated heterocycles. The number of rotatable bonds is 6. The van der Waals surface area contributed by atoms with Crippen LogP contribution in [0.4, 0.5) is 0 Å². The Bertz CT molecular complexity index is 876. The minimum atomic E-state index is -0.155. The van der Waals surface area contributed by atoms with Crippen LogP contribution >= 0.6 is 23.1 Å². The molecular weight excluding hydrogens is 346 g/mol. The second-order valence-corrected chi connectivity index (χ2v) is 6.97. The van der Waals surface area contributed by atoms with Crippen molar-refractivity contribution in [3.63, 3.8) is 0 Å². The lowest BCUT2D eigenvalue weighted by atomic mass is 10.1. The van der Waals surface area contributed by atoms with Gasteiger partial charge in [0.25, 0.3) is 5.56 Å². The number of thiazole rings is 1. The number of hydrogen-bond acceptors (Lipinski definition) is 8. The highest BCUT2D eigenvalue weighted by molar-refractivity contribution is 7.98. The molecule has 0 bridgehead atoms. The van der Waals surface area contributed by atoms with Gasteiger partial charge in [0.1, 0.15) is 0 Å². The fourth-order valence-corrected chi connectivity index (χ4v) is 3.42. The molecule has 9 heteroatoms. The van der Waals surface area contributed by atoms with E-state index in [1.807, 2.05) is 12.3 Å². The van der Waals surface area contributed by atoms with Gasteiger partial charge in [-0.2, -0.15) is 0 Å². The zero-order valence-electron chi connectivity index (χ0n) is 13.1. The summed E-state index contributed by atoms with van der Waals surface area (Å²) in [6.07, 6.45) is 5.29. The maximum Gasteiger partial charge on any atom is 0.316 e. The molecule has 0 aromatic carbocycles. The molecular formula is C15H15N5O2S2. The predicted molar refractivity (Wildman–Crippen MR) is 92.7 cm³/mol. The number of nitrogens with zero attached hydrogens (tertiary/aromatic N) is 4. The average Bonchev–Trinajstić information content (AvgIpc) is 3.01. The molecule has 0 fully saturated rings. The monoisotopic (exact) mass is 361 g/mol. The minimum absolute atomic E-state index is 0.155. The maximum absolute atomic E-state index is 12.2. The van der Waals surface area contributed by atoms with Crippen molar-refractivity contribution in [3.05, 3.63) is 56.2 Å². The molecule has 0 radical (unpaired) electrons. The summed E-state index contributed by atoms with van der Waals surface area (Å²) in [6.45, 7) is 1.97. The van der Waals surface area contributed by atoms with Crippen molar-refractivity contribution in [2.45, 2.75) is 24.3 Å². The van der Waals surface area contributed by atoms with Gasteiger partial charge in [-0.3, -0.25) is 4.79 Å². The molecule has 1 N–H and O–H groups in total. The third-order valence-corrected chi connectivity index (χ3v) is 4.88. The van der Waals surface area contributed by atoms with Gasteiger partial charge < -0.3 is 9.72 Å². The van der Waals surface area contributed by atoms with Crippen LogP contribution in [0, 0.1) is 6.92 Å². The van der Waals surface area contributed by atoms with Crippen molar-refractivity contribution in [2.75, 3.05) is 7.11 Å². The van der Waals surface area contributed by atoms with Gasteiger partial charge in [0.2, 0.25) is 0 Å². The van der Waals surface area contributed by atoms with Crippen LogP contribution in [0.5, 0.6) is 6.01 Å². The van der Waals surface area contributed by atoms with E-state index in [-0.39, 0.29) is 5.56 Å². The van der Waals surface area contributed by atoms with Gasteiger partial charge in [0, 0.05) is 41.7 Å². The summed E-state index contributed by atoms with van der Waals surface area (Å²) < 4.78 is 4.91. The van der Waals surface area contributed by atoms with Crippen molar-refractivity contribution >= 4 is 23.1 Å². The summed E-state index contributed by atoms with van der Waals surface area (Å²) in [5.74, 6) is 0.680. The lowest BCUT2D eigenvalue weighted by Gasteiger charge is -2.03. The van der Waals surface area contributed by atoms with Crippen molar-refractivity contribution in [2.24, 2.45) is 0 Å². The SMILES string of the molecule is COc1ncc(Cc2cnc(SCc3csc(C)n3)[nH]c2=O)cn1. The third-order valence-electron chi connectivity index (χ3n) is 3.13. The Kier molecular flexibility index (Phi) is 5.21. The summed E-state index contributed by atoms with van der Waals surface area (Å²) in [7, 11) is 1.51. The van der Waals surface area contributed by atoms with Gasteiger partial charge in [0.05, 0.1) is 17.8 Å². The molecule has 0 unspecified atom stereocenters. The number of nitrogens with one attached hydrogen (secondary N) is 1. The minimum Gasteiger partial charge on any atom is -0.467 e. The molecule has 3 aromatic heterocycles. The molecule has 0 saturated carbocycles. The fraction of sp³-hybridized carbons (Fsp3) is 0.267. The lowest BCUT2D eigenvalue weighted by Crippen LogP contribution is -2.15. The van der Waals surface area contributed by atoms with Gasteiger partial charge >= 0.3 is 6.01 Å². The highest BCUT2D eigenvalue weighted by atomic mass is 32.2. The molecule has 7 nitrogen and oxygen atoms in total. The zero-order chi connectivity index (χ0) is 16.9. The maximum atomic E-state index is 12.2. The van der Waals surface area contributed by atoms with E-state index in [0.717, 1.165) is 16.3 Å². The Hall–Kier alpha value is -2.26. The van der Waals surface area contributed by atoms with Gasteiger partial charge in [-0.1, -0.05) is 11.8 Å². The van der Waals surface area contributed by atoms with Gasteiger partial charge in [-0.05, 0) is 12.5 Å². The molecule has 0 aliphatic rings. The Labute approximate surface area is 146 Å². The van der Waals surface area contributed by atoms with Crippen LogP contribution in [-0.2, 0) is 12.2 Å². The number of aromatic nitrogens is 5. The molecule has 0 spiro atoms. The second kappa shape index (κ2) is 7.54. The average molecular weight is 361 g/mol. The van der Waals surface area contributed by atoms with Crippen LogP contribution in [-0.4, -0.2) is 32.0 Å². The number of H-pyrrole nitrogens is 1. The molecule has 0 atom stereocenters. The van der Waals surface area contributed by atoms with Crippen molar-refractivity contribution in [1.29, 1.82) is 0 Å². The van der Waals surface area contributed by atoms with Gasteiger partial charge in [-0.25, -0.2) is 19.9 Å². The second-order valence-electron chi connectivity index (χ2n) is 4.94. The molecule has 0 aliphatic heterocycles. The predicted octanol–water partition coefficient (Wildman–Crippen LogP) is 2.22. The molecule has 24 heavy (non-hydrogen) atoms. The Morgan fingerprint density at radius 3 is 2.67 bits per heavy atom. The first-order valence-electron chi connectivity index (χ1n) is 7.11. The highest BCUT2D eigenvalue weighted by Gasteiger charge is 2.07. The van der Waals surface area contributed by atoms with Crippen molar-refractivity contribution < 1.29 is 4.74 Å². The Morgan fingerprint density at radius 2 is 2.04 bits per heavy atom. The largest absolute Gasteiger partial charge is 0.467 e. The molecule has 0 amide bonds. The molecule has 3 rings (SSSR count). The molecule has 124 valence electrons. The Morgan fingerprint density at radius 1 is 1.25 bits per heavy atom. The smallest absolute Gasteiger partial charge is 0.316 e. The van der Waals surface area contributed by atoms with E-state index in [9.17, 15) is 4.79 Å². The number of aromatic amines is 1. The highest BCUT2D eigenvalue weighted by Crippen LogP contribution is 2.19. The van der Waals surface area contributed by atoms with E-state index >= 15 is 0 Å². The number of thioether (sulfide) groups is 1. The van der Waals surface area contributed by atoms with E-state index in [4.69, 9.17) is 4.74 Å². The molecule has 3 aromatic rings. The molecule has 3 heterocycles. The number of hydrogen-bond donors (Lipinski definition) is 1. The summed E-state index contributed by atoms with van der Waals surface area (Å²) in [4.78, 5) is 31.8. The third kappa shape index (κ3) is 4.18. The first-order chi connectivity index (χ1) is 11.6. The summed E-state index contributed by atoms with van der Waals surface area (Å²) in [5, 5.41) is 3.63. The van der Waals surface area contributed by atoms with E-state index in [1.165, 1.54) is 18.9 Å². The van der Waals surface area contributed by atoms with Crippen LogP contribution in [0.15, 0.2) is 33.9 Å². The Balaban J connectivity index is 1.66. The van der Waals surface area contributed by atoms with Crippen molar-refractivity contribution in [1.82, 2.24) is 24.9 Å². The van der Waals surface area contributed by atoms with Gasteiger partial charge in [0.15, 0.2) is 5.16 Å². The molecule has 0 aliphatic carbocycles. The summed E-state index contributed by atoms with van der Waals surface area (Å²) in [6, 6.07) is 0.301. The van der Waals surface area contributed by atoms with Crippen LogP contribution < -0.4 is 10.3 Å². The first-order valence-corrected chi connectivity index (χ1v) is 8.97. The normalized spacial score (nSPS) is 10.8. The number of aryl methyl sites for hydroxylation is 1. The standard InChI is InChI=1S/C15H15N5O2S2/c1-9-19-12(7-23-9)8-24-15-18-6-11(13(21)20-15)3-10-4-16-14(22-2)17-5-10/h4-7H,3,8H2,1-2H3,(H,18,20,21). The van der Waals surface area contributed by atoms with E-state index < -0.39 is 0 Å². The van der Waals surface area contributed by atoms with Crippen LogP contribution in [0.3, 0.4) is 0 Å². The zero-order valence-corrected chi connectivity index (χ0v) is 14.8. The number of methoxy groups -OCH3 is 1. The van der Waals surface area contributed by atoms with E-state index in [0.29, 0.717) is 28.9 Å². The lowest BCUT2D eigenvalue weighted by molar-refractivity contribution is 0.379. The van der Waals surface area contributed by atoms with Crippen LogP contribution in [0.25, 0.3) is 0 Å². The number of ether oxygens (including phenoxy) is 1. The summed E-state index contributed by atoms with van der Waals surface area (Å²) in [5.41, 5.74) is 2.22. The van der Waals surface area contributed by atoms with E-state index in [1.54, 1.807) is 29.9 Å². The topological polar surface area (TPSA) is 93.7 Å². The fourth-order valence-electron chi connectivity index (χ4n) is 1.98. The van der Waals surface area contributed by atoms with Crippen molar-refractivity contribution in [3.8, 4) is 6.01 Å². The van der Waals surface area contributed by atoms with Crippen LogP contribution in [0.1, 0.15) is 21.8 Å². The van der Waals surface area contributed by atoms with Crippen LogP contribution in [0.2, 0.25) is 0 Å². The quantitative estimate of drug-likeness (QED) is 0.531. The van der Waals surface area contributed by atoms with Gasteiger partial charge in [-0.15, -0.1) is 11.3 Å². The van der Waals surface area contributed by atoms with E-state index in [2.05, 4.69) is 24.9 Å². The summed E-state index contributed by atoms with van der Waals surface area (Å²) >= 11 is 3.07. The first kappa shape index (κ1) is 16.6.